The average Bonchev–Trinajstić information content (AvgIpc) is 2.73. The normalized spacial score (nSPS) is 18.4. The predicted octanol–water partition coefficient (Wildman–Crippen LogP) is 1.88. The molecule has 21 heavy (non-hydrogen) atoms. The highest BCUT2D eigenvalue weighted by molar-refractivity contribution is 8.18. The molecule has 0 bridgehead atoms. The van der Waals surface area contributed by atoms with E-state index in [1.807, 2.05) is 13.8 Å². The monoisotopic (exact) mass is 304 g/mol. The van der Waals surface area contributed by atoms with E-state index in [0.29, 0.717) is 16.9 Å². The van der Waals surface area contributed by atoms with Crippen molar-refractivity contribution in [3.63, 3.8) is 0 Å². The molecular formula is C15H14NO4S-. The van der Waals surface area contributed by atoms with E-state index >= 15 is 0 Å². The highest BCUT2D eigenvalue weighted by Crippen LogP contribution is 2.34. The first kappa shape index (κ1) is 15.3. The van der Waals surface area contributed by atoms with Crippen LogP contribution in [0.1, 0.15) is 36.2 Å². The predicted molar refractivity (Wildman–Crippen MR) is 78.3 cm³/mol. The lowest BCUT2D eigenvalue weighted by Crippen LogP contribution is -2.36. The standard InChI is InChI=1S/C15H15NO4S/c1-3-9(2)16-13(17)12(21-15(16)20)8-10-4-6-11(7-5-10)14(18)19/h4-9H,3H2,1-2H3,(H,18,19)/p-1/t9-/m1/s1. The van der Waals surface area contributed by atoms with Crippen molar-refractivity contribution in [1.82, 2.24) is 4.90 Å². The van der Waals surface area contributed by atoms with E-state index in [4.69, 9.17) is 0 Å². The second kappa shape index (κ2) is 6.13. The molecule has 1 heterocycles. The Morgan fingerprint density at radius 3 is 2.48 bits per heavy atom. The first-order chi connectivity index (χ1) is 9.93. The molecule has 0 radical (unpaired) electrons. The minimum absolute atomic E-state index is 0.0693. The highest BCUT2D eigenvalue weighted by atomic mass is 32.2. The van der Waals surface area contributed by atoms with Crippen LogP contribution >= 0.6 is 11.8 Å². The SMILES string of the molecule is CC[C@@H](C)N1C(=O)SC(=Cc2ccc(C(=O)[O-])cc2)C1=O. The van der Waals surface area contributed by atoms with Gasteiger partial charge in [-0.05, 0) is 42.3 Å². The van der Waals surface area contributed by atoms with Gasteiger partial charge in [0.05, 0.1) is 10.9 Å². The molecule has 1 aliphatic rings. The van der Waals surface area contributed by atoms with Crippen LogP contribution in [0.3, 0.4) is 0 Å². The zero-order valence-corrected chi connectivity index (χ0v) is 12.5. The number of carboxylic acids is 1. The molecule has 1 aromatic carbocycles. The van der Waals surface area contributed by atoms with Gasteiger partial charge in [-0.15, -0.1) is 0 Å². The van der Waals surface area contributed by atoms with E-state index < -0.39 is 5.97 Å². The minimum atomic E-state index is -1.25. The lowest BCUT2D eigenvalue weighted by molar-refractivity contribution is -0.255. The molecule has 0 aliphatic carbocycles. The van der Waals surface area contributed by atoms with Gasteiger partial charge < -0.3 is 9.90 Å². The third kappa shape index (κ3) is 3.16. The molecule has 0 spiro atoms. The van der Waals surface area contributed by atoms with Gasteiger partial charge in [0.25, 0.3) is 11.1 Å². The summed E-state index contributed by atoms with van der Waals surface area (Å²) in [5.74, 6) is -1.55. The van der Waals surface area contributed by atoms with Crippen molar-refractivity contribution in [2.75, 3.05) is 0 Å². The number of thioether (sulfide) groups is 1. The number of carbonyl (C=O) groups excluding carboxylic acids is 3. The van der Waals surface area contributed by atoms with Crippen molar-refractivity contribution in [2.24, 2.45) is 0 Å². The topological polar surface area (TPSA) is 77.5 Å². The molecule has 2 amide bonds. The molecule has 0 N–H and O–H groups in total. The zero-order chi connectivity index (χ0) is 15.6. The summed E-state index contributed by atoms with van der Waals surface area (Å²) < 4.78 is 0. The van der Waals surface area contributed by atoms with Crippen LogP contribution in [0.15, 0.2) is 29.2 Å². The Morgan fingerprint density at radius 2 is 1.95 bits per heavy atom. The maximum atomic E-state index is 12.2. The number of aromatic carboxylic acids is 1. The van der Waals surface area contributed by atoms with Crippen LogP contribution in [0.5, 0.6) is 0 Å². The van der Waals surface area contributed by atoms with Crippen LogP contribution in [0, 0.1) is 0 Å². The Bertz CT molecular complexity index is 621. The van der Waals surface area contributed by atoms with Crippen LogP contribution in [-0.4, -0.2) is 28.1 Å². The van der Waals surface area contributed by atoms with E-state index in [9.17, 15) is 19.5 Å². The summed E-state index contributed by atoms with van der Waals surface area (Å²) in [5, 5.41) is 10.4. The number of imide groups is 1. The summed E-state index contributed by atoms with van der Waals surface area (Å²) in [6.07, 6.45) is 2.29. The number of hydrogen-bond donors (Lipinski definition) is 0. The Kier molecular flexibility index (Phi) is 4.47. The molecule has 1 fully saturated rings. The smallest absolute Gasteiger partial charge is 0.293 e. The van der Waals surface area contributed by atoms with Crippen molar-refractivity contribution in [2.45, 2.75) is 26.3 Å². The number of nitrogens with zero attached hydrogens (tertiary/aromatic N) is 1. The molecule has 1 aromatic rings. The van der Waals surface area contributed by atoms with Crippen LogP contribution in [-0.2, 0) is 4.79 Å². The number of amides is 2. The molecule has 1 atom stereocenters. The Hall–Kier alpha value is -2.08. The van der Waals surface area contributed by atoms with Crippen molar-refractivity contribution in [3.8, 4) is 0 Å². The summed E-state index contributed by atoms with van der Waals surface area (Å²) >= 11 is 0.901. The lowest BCUT2D eigenvalue weighted by atomic mass is 10.1. The summed E-state index contributed by atoms with van der Waals surface area (Å²) in [7, 11) is 0. The van der Waals surface area contributed by atoms with E-state index in [1.165, 1.54) is 17.0 Å². The number of benzene rings is 1. The van der Waals surface area contributed by atoms with E-state index in [1.54, 1.807) is 18.2 Å². The van der Waals surface area contributed by atoms with E-state index in [0.717, 1.165) is 11.8 Å². The van der Waals surface area contributed by atoms with Crippen molar-refractivity contribution < 1.29 is 19.5 Å². The van der Waals surface area contributed by atoms with E-state index in [-0.39, 0.29) is 22.8 Å². The van der Waals surface area contributed by atoms with E-state index in [2.05, 4.69) is 0 Å². The van der Waals surface area contributed by atoms with Gasteiger partial charge in [0.15, 0.2) is 0 Å². The number of rotatable bonds is 4. The Labute approximate surface area is 126 Å². The number of carboxylic acid groups (broad SMARTS) is 1. The summed E-state index contributed by atoms with van der Waals surface area (Å²) in [6, 6.07) is 5.81. The number of carbonyl (C=O) groups is 3. The van der Waals surface area contributed by atoms with Crippen LogP contribution in [0.25, 0.3) is 6.08 Å². The van der Waals surface area contributed by atoms with Crippen molar-refractivity contribution in [3.05, 3.63) is 40.3 Å². The molecular weight excluding hydrogens is 290 g/mol. The Morgan fingerprint density at radius 1 is 1.33 bits per heavy atom. The quantitative estimate of drug-likeness (QED) is 0.794. The van der Waals surface area contributed by atoms with Crippen LogP contribution in [0.2, 0.25) is 0 Å². The van der Waals surface area contributed by atoms with Crippen molar-refractivity contribution >= 4 is 35.0 Å². The molecule has 5 nitrogen and oxygen atoms in total. The average molecular weight is 304 g/mol. The first-order valence-corrected chi connectivity index (χ1v) is 7.34. The second-order valence-electron chi connectivity index (χ2n) is 4.72. The van der Waals surface area contributed by atoms with Crippen LogP contribution in [0.4, 0.5) is 4.79 Å². The van der Waals surface area contributed by atoms with Gasteiger partial charge in [-0.2, -0.15) is 0 Å². The fraction of sp³-hybridized carbons (Fsp3) is 0.267. The largest absolute Gasteiger partial charge is 0.545 e. The van der Waals surface area contributed by atoms with Gasteiger partial charge in [0.2, 0.25) is 0 Å². The van der Waals surface area contributed by atoms with Gasteiger partial charge in [-0.1, -0.05) is 31.2 Å². The molecule has 1 aliphatic heterocycles. The maximum absolute atomic E-state index is 12.2. The summed E-state index contributed by atoms with van der Waals surface area (Å²) in [5.41, 5.74) is 0.731. The Balaban J connectivity index is 2.24. The number of hydrogen-bond acceptors (Lipinski definition) is 5. The van der Waals surface area contributed by atoms with Gasteiger partial charge in [0.1, 0.15) is 0 Å². The van der Waals surface area contributed by atoms with Gasteiger partial charge in [-0.25, -0.2) is 0 Å². The first-order valence-electron chi connectivity index (χ1n) is 6.52. The lowest BCUT2D eigenvalue weighted by Gasteiger charge is -2.19. The maximum Gasteiger partial charge on any atom is 0.293 e. The molecule has 110 valence electrons. The fourth-order valence-corrected chi connectivity index (χ4v) is 2.84. The molecule has 0 aromatic heterocycles. The molecule has 0 saturated carbocycles. The van der Waals surface area contributed by atoms with Gasteiger partial charge in [-0.3, -0.25) is 14.5 Å². The summed E-state index contributed by atoms with van der Waals surface area (Å²) in [6.45, 7) is 3.74. The fourth-order valence-electron chi connectivity index (χ4n) is 1.91. The molecule has 0 unspecified atom stereocenters. The summed E-state index contributed by atoms with van der Waals surface area (Å²) in [4.78, 5) is 36.3. The van der Waals surface area contributed by atoms with Crippen molar-refractivity contribution in [1.29, 1.82) is 0 Å². The third-order valence-corrected chi connectivity index (χ3v) is 4.18. The minimum Gasteiger partial charge on any atom is -0.545 e. The van der Waals surface area contributed by atoms with Gasteiger partial charge >= 0.3 is 0 Å². The van der Waals surface area contributed by atoms with Crippen LogP contribution < -0.4 is 5.11 Å². The molecule has 1 saturated heterocycles. The highest BCUT2D eigenvalue weighted by Gasteiger charge is 2.37. The molecule has 6 heteroatoms. The molecule has 2 rings (SSSR count). The second-order valence-corrected chi connectivity index (χ2v) is 5.71. The third-order valence-electron chi connectivity index (χ3n) is 3.30. The van der Waals surface area contributed by atoms with Gasteiger partial charge in [0, 0.05) is 6.04 Å². The zero-order valence-electron chi connectivity index (χ0n) is 11.7.